The fourth-order valence-corrected chi connectivity index (χ4v) is 3.38. The molecule has 152 valence electrons. The summed E-state index contributed by atoms with van der Waals surface area (Å²) >= 11 is 0. The van der Waals surface area contributed by atoms with Gasteiger partial charge in [0.15, 0.2) is 0 Å². The van der Waals surface area contributed by atoms with E-state index in [4.69, 9.17) is 4.74 Å². The molecular formula is C24H28N2O3. The Bertz CT molecular complexity index is 926. The molecule has 2 amide bonds. The van der Waals surface area contributed by atoms with E-state index in [0.717, 1.165) is 11.4 Å². The molecule has 0 saturated carbocycles. The molecule has 0 saturated heterocycles. The van der Waals surface area contributed by atoms with Gasteiger partial charge in [0, 0.05) is 11.7 Å². The molecule has 0 aliphatic carbocycles. The highest BCUT2D eigenvalue weighted by atomic mass is 16.5. The van der Waals surface area contributed by atoms with Gasteiger partial charge < -0.3 is 10.1 Å². The Labute approximate surface area is 172 Å². The largest absolute Gasteiger partial charge is 0.494 e. The summed E-state index contributed by atoms with van der Waals surface area (Å²) in [6, 6.07) is 15.0. The summed E-state index contributed by atoms with van der Waals surface area (Å²) in [5.41, 5.74) is 3.38. The topological polar surface area (TPSA) is 58.6 Å². The van der Waals surface area contributed by atoms with Crippen LogP contribution in [0.2, 0.25) is 0 Å². The molecule has 2 aromatic carbocycles. The number of amides is 2. The Kier molecular flexibility index (Phi) is 6.06. The first kappa shape index (κ1) is 20.6. The van der Waals surface area contributed by atoms with Gasteiger partial charge in [-0.15, -0.1) is 0 Å². The summed E-state index contributed by atoms with van der Waals surface area (Å²) in [5, 5.41) is 3.20. The zero-order valence-electron chi connectivity index (χ0n) is 17.7. The molecule has 1 aliphatic heterocycles. The van der Waals surface area contributed by atoms with E-state index >= 15 is 0 Å². The summed E-state index contributed by atoms with van der Waals surface area (Å²) in [4.78, 5) is 27.4. The van der Waals surface area contributed by atoms with E-state index in [2.05, 4.69) is 19.2 Å². The predicted molar refractivity (Wildman–Crippen MR) is 116 cm³/mol. The van der Waals surface area contributed by atoms with Gasteiger partial charge in [-0.25, -0.2) is 0 Å². The fourth-order valence-electron chi connectivity index (χ4n) is 3.38. The van der Waals surface area contributed by atoms with Crippen LogP contribution in [0.25, 0.3) is 5.57 Å². The highest BCUT2D eigenvalue weighted by Crippen LogP contribution is 2.32. The zero-order chi connectivity index (χ0) is 21.1. The molecule has 1 heterocycles. The maximum atomic E-state index is 13.1. The van der Waals surface area contributed by atoms with Crippen LogP contribution in [-0.4, -0.2) is 29.4 Å². The van der Waals surface area contributed by atoms with Crippen LogP contribution < -0.4 is 10.1 Å². The Morgan fingerprint density at radius 3 is 2.03 bits per heavy atom. The first-order valence-electron chi connectivity index (χ1n) is 10.1. The van der Waals surface area contributed by atoms with E-state index in [9.17, 15) is 9.59 Å². The molecule has 2 aromatic rings. The first-order valence-corrected chi connectivity index (χ1v) is 10.1. The molecule has 0 radical (unpaired) electrons. The van der Waals surface area contributed by atoms with Gasteiger partial charge in [0.05, 0.1) is 12.2 Å². The van der Waals surface area contributed by atoms with Crippen molar-refractivity contribution in [3.05, 3.63) is 65.4 Å². The van der Waals surface area contributed by atoms with Gasteiger partial charge in [0.1, 0.15) is 11.4 Å². The van der Waals surface area contributed by atoms with Crippen molar-refractivity contribution in [3.63, 3.8) is 0 Å². The number of imide groups is 1. The van der Waals surface area contributed by atoms with Gasteiger partial charge in [0.25, 0.3) is 11.8 Å². The normalized spacial score (nSPS) is 14.4. The molecule has 5 nitrogen and oxygen atoms in total. The Hall–Kier alpha value is -3.08. The zero-order valence-corrected chi connectivity index (χ0v) is 17.7. The minimum Gasteiger partial charge on any atom is -0.494 e. The second-order valence-electron chi connectivity index (χ2n) is 7.68. The second kappa shape index (κ2) is 8.52. The summed E-state index contributed by atoms with van der Waals surface area (Å²) in [6.07, 6.45) is 0. The fraction of sp³-hybridized carbons (Fsp3) is 0.333. The third kappa shape index (κ3) is 4.19. The Morgan fingerprint density at radius 2 is 1.52 bits per heavy atom. The highest BCUT2D eigenvalue weighted by molar-refractivity contribution is 6.36. The summed E-state index contributed by atoms with van der Waals surface area (Å²) in [6.45, 7) is 10.4. The molecule has 1 aliphatic rings. The van der Waals surface area contributed by atoms with Gasteiger partial charge >= 0.3 is 0 Å². The lowest BCUT2D eigenvalue weighted by molar-refractivity contribution is -0.138. The van der Waals surface area contributed by atoms with E-state index in [1.54, 1.807) is 0 Å². The highest BCUT2D eigenvalue weighted by Gasteiger charge is 2.40. The number of nitrogens with zero attached hydrogens (tertiary/aromatic N) is 1. The molecule has 1 N–H and O–H groups in total. The third-order valence-electron chi connectivity index (χ3n) is 4.93. The number of anilines is 1. The SMILES string of the molecule is CCOc1ccc(C2=C(Nc3ccc(C(C)C)cc3)C(=O)N(C(C)C)C2=O)cc1. The number of carbonyl (C=O) groups excluding carboxylic acids is 2. The van der Waals surface area contributed by atoms with E-state index < -0.39 is 0 Å². The lowest BCUT2D eigenvalue weighted by Gasteiger charge is -2.19. The van der Waals surface area contributed by atoms with Crippen LogP contribution in [0.15, 0.2) is 54.2 Å². The maximum absolute atomic E-state index is 13.1. The molecule has 0 spiro atoms. The molecule has 0 bridgehead atoms. The third-order valence-corrected chi connectivity index (χ3v) is 4.93. The molecular weight excluding hydrogens is 364 g/mol. The second-order valence-corrected chi connectivity index (χ2v) is 7.68. The van der Waals surface area contributed by atoms with Crippen LogP contribution in [0.5, 0.6) is 5.75 Å². The number of ether oxygens (including phenoxy) is 1. The minimum atomic E-state index is -0.304. The molecule has 0 unspecified atom stereocenters. The van der Waals surface area contributed by atoms with Crippen LogP contribution >= 0.6 is 0 Å². The smallest absolute Gasteiger partial charge is 0.278 e. The molecule has 0 atom stereocenters. The van der Waals surface area contributed by atoms with Gasteiger partial charge in [0.2, 0.25) is 0 Å². The van der Waals surface area contributed by atoms with Crippen LogP contribution in [-0.2, 0) is 9.59 Å². The van der Waals surface area contributed by atoms with Crippen LogP contribution in [0.3, 0.4) is 0 Å². The van der Waals surface area contributed by atoms with Gasteiger partial charge in [-0.2, -0.15) is 0 Å². The van der Waals surface area contributed by atoms with Crippen LogP contribution in [0, 0.1) is 0 Å². The van der Waals surface area contributed by atoms with Crippen molar-refractivity contribution in [1.82, 2.24) is 4.90 Å². The minimum absolute atomic E-state index is 0.227. The molecule has 3 rings (SSSR count). The molecule has 0 fully saturated rings. The van der Waals surface area contributed by atoms with E-state index in [1.165, 1.54) is 10.5 Å². The number of benzene rings is 2. The van der Waals surface area contributed by atoms with Gasteiger partial charge in [-0.3, -0.25) is 14.5 Å². The van der Waals surface area contributed by atoms with E-state index in [0.29, 0.717) is 29.4 Å². The average molecular weight is 392 g/mol. The number of carbonyl (C=O) groups is 2. The maximum Gasteiger partial charge on any atom is 0.278 e. The van der Waals surface area contributed by atoms with Crippen LogP contribution in [0.4, 0.5) is 5.69 Å². The van der Waals surface area contributed by atoms with Crippen LogP contribution in [0.1, 0.15) is 51.7 Å². The summed E-state index contributed by atoms with van der Waals surface area (Å²) in [7, 11) is 0. The first-order chi connectivity index (χ1) is 13.8. The number of nitrogens with one attached hydrogen (secondary N) is 1. The monoisotopic (exact) mass is 392 g/mol. The summed E-state index contributed by atoms with van der Waals surface area (Å²) < 4.78 is 5.49. The van der Waals surface area contributed by atoms with E-state index in [1.807, 2.05) is 69.3 Å². The lowest BCUT2D eigenvalue weighted by atomic mass is 10.0. The van der Waals surface area contributed by atoms with Crippen molar-refractivity contribution in [2.45, 2.75) is 46.6 Å². The lowest BCUT2D eigenvalue weighted by Crippen LogP contribution is -2.38. The van der Waals surface area contributed by atoms with Gasteiger partial charge in [-0.05, 0) is 62.1 Å². The molecule has 0 aromatic heterocycles. The Morgan fingerprint density at radius 1 is 0.897 bits per heavy atom. The molecule has 5 heteroatoms. The van der Waals surface area contributed by atoms with Crippen molar-refractivity contribution < 1.29 is 14.3 Å². The van der Waals surface area contributed by atoms with Crippen molar-refractivity contribution in [1.29, 1.82) is 0 Å². The predicted octanol–water partition coefficient (Wildman–Crippen LogP) is 4.81. The standard InChI is InChI=1S/C24H28N2O3/c1-6-29-20-13-9-18(10-14-20)21-22(24(28)26(16(4)5)23(21)27)25-19-11-7-17(8-12-19)15(2)3/h7-16,25H,6H2,1-5H3. The van der Waals surface area contributed by atoms with E-state index in [-0.39, 0.29) is 17.9 Å². The Balaban J connectivity index is 2.01. The average Bonchev–Trinajstić information content (AvgIpc) is 2.93. The van der Waals surface area contributed by atoms with Crippen molar-refractivity contribution in [3.8, 4) is 5.75 Å². The number of hydrogen-bond donors (Lipinski definition) is 1. The summed E-state index contributed by atoms with van der Waals surface area (Å²) in [5.74, 6) is 0.569. The van der Waals surface area contributed by atoms with Crippen molar-refractivity contribution in [2.75, 3.05) is 11.9 Å². The van der Waals surface area contributed by atoms with Crippen molar-refractivity contribution >= 4 is 23.1 Å². The van der Waals surface area contributed by atoms with Gasteiger partial charge in [-0.1, -0.05) is 38.1 Å². The number of hydrogen-bond acceptors (Lipinski definition) is 4. The number of rotatable bonds is 7. The quantitative estimate of drug-likeness (QED) is 0.687. The van der Waals surface area contributed by atoms with Crippen molar-refractivity contribution in [2.24, 2.45) is 0 Å². The molecule has 29 heavy (non-hydrogen) atoms.